The molecule has 0 saturated heterocycles. The summed E-state index contributed by atoms with van der Waals surface area (Å²) in [5.74, 6) is -1.94. The highest BCUT2D eigenvalue weighted by Crippen LogP contribution is 2.17. The molecule has 126 valence electrons. The lowest BCUT2D eigenvalue weighted by Gasteiger charge is -2.15. The summed E-state index contributed by atoms with van der Waals surface area (Å²) >= 11 is 0. The standard InChI is InChI=1S/C17H17F2N3O2/c1-11(14-8-7-12(18)9-15(14)19)20-10-16(23)22-17(24)21-13-5-3-2-4-6-13/h2-9,11,20H,10H2,1H3,(H2,21,22,23,24)/t11-/m0/s1. The molecule has 0 saturated carbocycles. The molecule has 1 atom stereocenters. The fourth-order valence-electron chi connectivity index (χ4n) is 2.06. The number of halogens is 2. The number of benzene rings is 2. The molecule has 2 aromatic carbocycles. The van der Waals surface area contributed by atoms with Gasteiger partial charge in [0.15, 0.2) is 0 Å². The van der Waals surface area contributed by atoms with Crippen molar-refractivity contribution >= 4 is 17.6 Å². The molecule has 7 heteroatoms. The Kier molecular flexibility index (Phi) is 5.97. The second-order valence-electron chi connectivity index (χ2n) is 5.14. The summed E-state index contributed by atoms with van der Waals surface area (Å²) < 4.78 is 26.5. The van der Waals surface area contributed by atoms with Crippen LogP contribution in [0.4, 0.5) is 19.3 Å². The summed E-state index contributed by atoms with van der Waals surface area (Å²) in [6, 6.07) is 10.7. The van der Waals surface area contributed by atoms with Gasteiger partial charge in [0.25, 0.3) is 0 Å². The number of imide groups is 1. The number of rotatable bonds is 5. The molecule has 0 aliphatic rings. The van der Waals surface area contributed by atoms with Crippen LogP contribution < -0.4 is 16.0 Å². The molecule has 2 rings (SSSR count). The molecule has 0 aliphatic carbocycles. The van der Waals surface area contributed by atoms with Gasteiger partial charge in [0.1, 0.15) is 11.6 Å². The number of para-hydroxylation sites is 1. The van der Waals surface area contributed by atoms with Crippen molar-refractivity contribution in [1.82, 2.24) is 10.6 Å². The predicted octanol–water partition coefficient (Wildman–Crippen LogP) is 2.96. The van der Waals surface area contributed by atoms with E-state index in [-0.39, 0.29) is 12.1 Å². The Morgan fingerprint density at radius 3 is 2.46 bits per heavy atom. The summed E-state index contributed by atoms with van der Waals surface area (Å²) in [5, 5.41) is 7.43. The minimum absolute atomic E-state index is 0.194. The third-order valence-electron chi connectivity index (χ3n) is 3.28. The molecule has 0 heterocycles. The van der Waals surface area contributed by atoms with Crippen LogP contribution in [0.2, 0.25) is 0 Å². The number of urea groups is 1. The second kappa shape index (κ2) is 8.16. The lowest BCUT2D eigenvalue weighted by atomic mass is 10.1. The summed E-state index contributed by atoms with van der Waals surface area (Å²) in [6.07, 6.45) is 0. The Morgan fingerprint density at radius 2 is 1.79 bits per heavy atom. The van der Waals surface area contributed by atoms with E-state index in [1.54, 1.807) is 37.3 Å². The van der Waals surface area contributed by atoms with E-state index in [9.17, 15) is 18.4 Å². The minimum atomic E-state index is -0.697. The molecule has 5 nitrogen and oxygen atoms in total. The molecule has 0 spiro atoms. The van der Waals surface area contributed by atoms with Crippen LogP contribution in [-0.2, 0) is 4.79 Å². The number of carbonyl (C=O) groups is 2. The molecule has 2 aromatic rings. The van der Waals surface area contributed by atoms with Gasteiger partial charge in [-0.15, -0.1) is 0 Å². The topological polar surface area (TPSA) is 70.2 Å². The van der Waals surface area contributed by atoms with E-state index in [4.69, 9.17) is 0 Å². The molecular weight excluding hydrogens is 316 g/mol. The number of nitrogens with one attached hydrogen (secondary N) is 3. The van der Waals surface area contributed by atoms with Gasteiger partial charge < -0.3 is 10.6 Å². The number of hydrogen-bond donors (Lipinski definition) is 3. The van der Waals surface area contributed by atoms with Crippen molar-refractivity contribution in [3.8, 4) is 0 Å². The molecule has 3 N–H and O–H groups in total. The van der Waals surface area contributed by atoms with E-state index in [1.165, 1.54) is 6.07 Å². The molecule has 0 radical (unpaired) electrons. The fourth-order valence-corrected chi connectivity index (χ4v) is 2.06. The van der Waals surface area contributed by atoms with Crippen LogP contribution in [-0.4, -0.2) is 18.5 Å². The van der Waals surface area contributed by atoms with Gasteiger partial charge in [0, 0.05) is 23.4 Å². The van der Waals surface area contributed by atoms with Gasteiger partial charge in [-0.2, -0.15) is 0 Å². The first-order valence-electron chi connectivity index (χ1n) is 7.30. The van der Waals surface area contributed by atoms with Crippen LogP contribution in [0.5, 0.6) is 0 Å². The maximum atomic E-state index is 13.6. The van der Waals surface area contributed by atoms with Crippen LogP contribution in [0.25, 0.3) is 0 Å². The molecule has 0 aromatic heterocycles. The first-order valence-corrected chi connectivity index (χ1v) is 7.30. The number of amides is 3. The highest BCUT2D eigenvalue weighted by molar-refractivity contribution is 6.01. The quantitative estimate of drug-likeness (QED) is 0.788. The Hall–Kier alpha value is -2.80. The molecule has 0 bridgehead atoms. The van der Waals surface area contributed by atoms with Crippen LogP contribution in [0.1, 0.15) is 18.5 Å². The van der Waals surface area contributed by atoms with Crippen molar-refractivity contribution in [2.24, 2.45) is 0 Å². The first kappa shape index (κ1) is 17.6. The van der Waals surface area contributed by atoms with Crippen molar-refractivity contribution < 1.29 is 18.4 Å². The van der Waals surface area contributed by atoms with Crippen LogP contribution in [0, 0.1) is 11.6 Å². The number of anilines is 1. The normalized spacial score (nSPS) is 11.6. The zero-order valence-electron chi connectivity index (χ0n) is 13.0. The van der Waals surface area contributed by atoms with Crippen LogP contribution in [0.15, 0.2) is 48.5 Å². The summed E-state index contributed by atoms with van der Waals surface area (Å²) in [5.41, 5.74) is 0.787. The summed E-state index contributed by atoms with van der Waals surface area (Å²) in [4.78, 5) is 23.4. The smallest absolute Gasteiger partial charge is 0.308 e. The van der Waals surface area contributed by atoms with Gasteiger partial charge in [0.2, 0.25) is 5.91 Å². The Bertz CT molecular complexity index is 723. The van der Waals surface area contributed by atoms with Crippen molar-refractivity contribution in [2.75, 3.05) is 11.9 Å². The third-order valence-corrected chi connectivity index (χ3v) is 3.28. The van der Waals surface area contributed by atoms with Crippen LogP contribution in [0.3, 0.4) is 0 Å². The predicted molar refractivity (Wildman–Crippen MR) is 86.4 cm³/mol. The number of hydrogen-bond acceptors (Lipinski definition) is 3. The Morgan fingerprint density at radius 1 is 1.08 bits per heavy atom. The lowest BCUT2D eigenvalue weighted by molar-refractivity contribution is -0.119. The monoisotopic (exact) mass is 333 g/mol. The van der Waals surface area contributed by atoms with Gasteiger partial charge in [-0.3, -0.25) is 10.1 Å². The Balaban J connectivity index is 1.81. The van der Waals surface area contributed by atoms with Crippen molar-refractivity contribution in [2.45, 2.75) is 13.0 Å². The van der Waals surface area contributed by atoms with Crippen molar-refractivity contribution in [3.05, 3.63) is 65.7 Å². The summed E-state index contributed by atoms with van der Waals surface area (Å²) in [6.45, 7) is 1.44. The number of carbonyl (C=O) groups excluding carboxylic acids is 2. The highest BCUT2D eigenvalue weighted by Gasteiger charge is 2.14. The van der Waals surface area contributed by atoms with Gasteiger partial charge in [-0.05, 0) is 25.1 Å². The SMILES string of the molecule is C[C@H](NCC(=O)NC(=O)Nc1ccccc1)c1ccc(F)cc1F. The zero-order chi connectivity index (χ0) is 17.5. The average Bonchev–Trinajstić information content (AvgIpc) is 2.53. The van der Waals surface area contributed by atoms with E-state index in [1.807, 2.05) is 0 Å². The average molecular weight is 333 g/mol. The first-order chi connectivity index (χ1) is 11.5. The minimum Gasteiger partial charge on any atom is -0.308 e. The molecule has 24 heavy (non-hydrogen) atoms. The van der Waals surface area contributed by atoms with Gasteiger partial charge in [0.05, 0.1) is 6.54 Å². The van der Waals surface area contributed by atoms with E-state index in [0.717, 1.165) is 12.1 Å². The molecule has 0 fully saturated rings. The largest absolute Gasteiger partial charge is 0.325 e. The molecule has 0 unspecified atom stereocenters. The van der Waals surface area contributed by atoms with E-state index < -0.39 is 29.6 Å². The Labute approximate surface area is 138 Å². The van der Waals surface area contributed by atoms with E-state index >= 15 is 0 Å². The van der Waals surface area contributed by atoms with Crippen LogP contribution >= 0.6 is 0 Å². The van der Waals surface area contributed by atoms with Gasteiger partial charge >= 0.3 is 6.03 Å². The fraction of sp³-hybridized carbons (Fsp3) is 0.176. The van der Waals surface area contributed by atoms with Gasteiger partial charge in [-0.25, -0.2) is 13.6 Å². The molecule has 0 aliphatic heterocycles. The zero-order valence-corrected chi connectivity index (χ0v) is 13.0. The second-order valence-corrected chi connectivity index (χ2v) is 5.14. The van der Waals surface area contributed by atoms with Crippen molar-refractivity contribution in [3.63, 3.8) is 0 Å². The lowest BCUT2D eigenvalue weighted by Crippen LogP contribution is -2.40. The maximum absolute atomic E-state index is 13.6. The van der Waals surface area contributed by atoms with Gasteiger partial charge in [-0.1, -0.05) is 24.3 Å². The third kappa shape index (κ3) is 5.13. The highest BCUT2D eigenvalue weighted by atomic mass is 19.1. The maximum Gasteiger partial charge on any atom is 0.325 e. The molecular formula is C17H17F2N3O2. The van der Waals surface area contributed by atoms with Crippen molar-refractivity contribution in [1.29, 1.82) is 0 Å². The molecule has 3 amide bonds. The van der Waals surface area contributed by atoms with E-state index in [0.29, 0.717) is 5.69 Å². The summed E-state index contributed by atoms with van der Waals surface area (Å²) in [7, 11) is 0. The van der Waals surface area contributed by atoms with E-state index in [2.05, 4.69) is 16.0 Å².